The van der Waals surface area contributed by atoms with Crippen molar-refractivity contribution < 1.29 is 13.9 Å². The fraction of sp³-hybridized carbons (Fsp3) is 0.364. The largest absolute Gasteiger partial charge is 0.440 e. The lowest BCUT2D eigenvalue weighted by atomic mass is 9.84. The SMILES string of the molecule is Cc1cc2c(c(=O)n1CCN1CCOCC1)C(c1ccc(F)cc1)C(C#N)=C(N)O2. The van der Waals surface area contributed by atoms with Gasteiger partial charge in [0.1, 0.15) is 23.2 Å². The van der Waals surface area contributed by atoms with Crippen LogP contribution in [0.3, 0.4) is 0 Å². The zero-order valence-electron chi connectivity index (χ0n) is 16.7. The van der Waals surface area contributed by atoms with Crippen molar-refractivity contribution in [1.29, 1.82) is 5.26 Å². The molecule has 1 aromatic carbocycles. The van der Waals surface area contributed by atoms with E-state index in [-0.39, 0.29) is 17.0 Å². The molecule has 4 rings (SSSR count). The van der Waals surface area contributed by atoms with E-state index in [0.29, 0.717) is 43.2 Å². The Kier molecular flexibility index (Phi) is 5.57. The van der Waals surface area contributed by atoms with Crippen LogP contribution in [-0.2, 0) is 11.3 Å². The summed E-state index contributed by atoms with van der Waals surface area (Å²) >= 11 is 0. The van der Waals surface area contributed by atoms with Crippen LogP contribution in [-0.4, -0.2) is 42.3 Å². The van der Waals surface area contributed by atoms with Crippen LogP contribution < -0.4 is 16.0 Å². The van der Waals surface area contributed by atoms with Crippen molar-refractivity contribution >= 4 is 0 Å². The zero-order chi connectivity index (χ0) is 21.3. The first kappa shape index (κ1) is 20.1. The molecule has 1 unspecified atom stereocenters. The van der Waals surface area contributed by atoms with Gasteiger partial charge in [0.05, 0.1) is 24.7 Å². The second kappa shape index (κ2) is 8.30. The molecule has 0 aliphatic carbocycles. The summed E-state index contributed by atoms with van der Waals surface area (Å²) in [5.74, 6) is -0.800. The smallest absolute Gasteiger partial charge is 0.258 e. The van der Waals surface area contributed by atoms with Gasteiger partial charge in [0, 0.05) is 37.9 Å². The van der Waals surface area contributed by atoms with E-state index in [1.807, 2.05) is 6.92 Å². The molecule has 0 saturated carbocycles. The van der Waals surface area contributed by atoms with Crippen LogP contribution in [0.4, 0.5) is 4.39 Å². The van der Waals surface area contributed by atoms with Crippen molar-refractivity contribution in [3.8, 4) is 11.8 Å². The second-order valence-electron chi connectivity index (χ2n) is 7.45. The van der Waals surface area contributed by atoms with Crippen molar-refractivity contribution in [2.24, 2.45) is 5.73 Å². The number of allylic oxidation sites excluding steroid dienone is 1. The van der Waals surface area contributed by atoms with Gasteiger partial charge in [-0.05, 0) is 24.6 Å². The first-order valence-corrected chi connectivity index (χ1v) is 9.87. The summed E-state index contributed by atoms with van der Waals surface area (Å²) in [6.45, 7) is 6.11. The molecule has 1 fully saturated rings. The second-order valence-corrected chi connectivity index (χ2v) is 7.45. The highest BCUT2D eigenvalue weighted by atomic mass is 19.1. The van der Waals surface area contributed by atoms with Crippen LogP contribution in [0.5, 0.6) is 5.75 Å². The Labute approximate surface area is 173 Å². The summed E-state index contributed by atoms with van der Waals surface area (Å²) in [6.07, 6.45) is 0. The summed E-state index contributed by atoms with van der Waals surface area (Å²) in [7, 11) is 0. The number of hydrogen-bond acceptors (Lipinski definition) is 6. The molecule has 0 bridgehead atoms. The lowest BCUT2D eigenvalue weighted by Crippen LogP contribution is -2.40. The number of pyridine rings is 1. The Bertz CT molecular complexity index is 1080. The van der Waals surface area contributed by atoms with Crippen LogP contribution in [0, 0.1) is 24.1 Å². The number of aryl methyl sites for hydroxylation is 1. The van der Waals surface area contributed by atoms with Gasteiger partial charge >= 0.3 is 0 Å². The van der Waals surface area contributed by atoms with E-state index < -0.39 is 11.7 Å². The molecule has 7 nitrogen and oxygen atoms in total. The molecule has 156 valence electrons. The predicted molar refractivity (Wildman–Crippen MR) is 108 cm³/mol. The molecular weight excluding hydrogens is 387 g/mol. The van der Waals surface area contributed by atoms with Crippen molar-refractivity contribution in [2.75, 3.05) is 32.8 Å². The highest BCUT2D eigenvalue weighted by Crippen LogP contribution is 2.40. The van der Waals surface area contributed by atoms with Crippen LogP contribution in [0.25, 0.3) is 0 Å². The van der Waals surface area contributed by atoms with Gasteiger partial charge in [-0.25, -0.2) is 4.39 Å². The van der Waals surface area contributed by atoms with Crippen LogP contribution in [0.1, 0.15) is 22.7 Å². The Morgan fingerprint density at radius 1 is 1.23 bits per heavy atom. The number of rotatable bonds is 4. The predicted octanol–water partition coefficient (Wildman–Crippen LogP) is 1.85. The van der Waals surface area contributed by atoms with E-state index in [1.54, 1.807) is 22.8 Å². The summed E-state index contributed by atoms with van der Waals surface area (Å²) in [4.78, 5) is 15.8. The Hall–Kier alpha value is -3.15. The quantitative estimate of drug-likeness (QED) is 0.827. The highest BCUT2D eigenvalue weighted by Gasteiger charge is 2.34. The van der Waals surface area contributed by atoms with Gasteiger partial charge in [0.25, 0.3) is 5.56 Å². The maximum Gasteiger partial charge on any atom is 0.258 e. The van der Waals surface area contributed by atoms with E-state index in [0.717, 1.165) is 18.8 Å². The van der Waals surface area contributed by atoms with E-state index in [1.165, 1.54) is 12.1 Å². The lowest BCUT2D eigenvalue weighted by Gasteiger charge is -2.29. The number of nitrogens with zero attached hydrogens (tertiary/aromatic N) is 3. The minimum Gasteiger partial charge on any atom is -0.440 e. The van der Waals surface area contributed by atoms with Crippen molar-refractivity contribution in [1.82, 2.24) is 9.47 Å². The number of ether oxygens (including phenoxy) is 2. The van der Waals surface area contributed by atoms with Crippen LogP contribution in [0.2, 0.25) is 0 Å². The van der Waals surface area contributed by atoms with Crippen molar-refractivity contribution in [2.45, 2.75) is 19.4 Å². The molecule has 0 amide bonds. The van der Waals surface area contributed by atoms with Gasteiger partial charge in [0.15, 0.2) is 0 Å². The molecule has 0 radical (unpaired) electrons. The van der Waals surface area contributed by atoms with Gasteiger partial charge in [-0.2, -0.15) is 5.26 Å². The third kappa shape index (κ3) is 3.70. The van der Waals surface area contributed by atoms with Crippen molar-refractivity contribution in [3.63, 3.8) is 0 Å². The molecular formula is C22H23FN4O3. The highest BCUT2D eigenvalue weighted by molar-refractivity contribution is 5.55. The number of benzene rings is 1. The van der Waals surface area contributed by atoms with E-state index in [2.05, 4.69) is 11.0 Å². The number of nitriles is 1. The molecule has 3 heterocycles. The number of aromatic nitrogens is 1. The van der Waals surface area contributed by atoms with Gasteiger partial charge in [-0.3, -0.25) is 9.69 Å². The Morgan fingerprint density at radius 2 is 1.93 bits per heavy atom. The molecule has 2 N–H and O–H groups in total. The summed E-state index contributed by atoms with van der Waals surface area (Å²) in [6, 6.07) is 9.59. The minimum absolute atomic E-state index is 0.0378. The summed E-state index contributed by atoms with van der Waals surface area (Å²) in [5, 5.41) is 9.69. The van der Waals surface area contributed by atoms with E-state index in [9.17, 15) is 14.4 Å². The summed E-state index contributed by atoms with van der Waals surface area (Å²) < 4.78 is 26.2. The standard InChI is InChI=1S/C22H23FN4O3/c1-14-12-18-20(22(28)27(14)7-6-26-8-10-29-11-9-26)19(17(13-24)21(25)30-18)15-2-4-16(23)5-3-15/h2-5,12,19H,6-11,25H2,1H3. The first-order valence-electron chi connectivity index (χ1n) is 9.87. The molecule has 0 spiro atoms. The maximum absolute atomic E-state index is 13.5. The molecule has 2 aliphatic rings. The maximum atomic E-state index is 13.5. The zero-order valence-corrected chi connectivity index (χ0v) is 16.7. The molecule has 8 heteroatoms. The van der Waals surface area contributed by atoms with Crippen molar-refractivity contribution in [3.05, 3.63) is 74.8 Å². The normalized spacial score (nSPS) is 19.2. The molecule has 1 aromatic heterocycles. The average Bonchev–Trinajstić information content (AvgIpc) is 2.74. The number of fused-ring (bicyclic) bond motifs is 1. The molecule has 1 atom stereocenters. The van der Waals surface area contributed by atoms with E-state index in [4.69, 9.17) is 15.2 Å². The fourth-order valence-electron chi connectivity index (χ4n) is 4.02. The molecule has 30 heavy (non-hydrogen) atoms. The van der Waals surface area contributed by atoms with Crippen LogP contribution in [0.15, 0.2) is 46.6 Å². The molecule has 2 aliphatic heterocycles. The third-order valence-corrected chi connectivity index (χ3v) is 5.64. The van der Waals surface area contributed by atoms with Gasteiger partial charge in [-0.1, -0.05) is 12.1 Å². The van der Waals surface area contributed by atoms with Gasteiger partial charge in [0.2, 0.25) is 5.88 Å². The first-order chi connectivity index (χ1) is 14.5. The average molecular weight is 410 g/mol. The number of morpholine rings is 1. The minimum atomic E-state index is -0.706. The third-order valence-electron chi connectivity index (χ3n) is 5.64. The lowest BCUT2D eigenvalue weighted by molar-refractivity contribution is 0.0362. The Balaban J connectivity index is 1.77. The van der Waals surface area contributed by atoms with E-state index >= 15 is 0 Å². The number of nitrogens with two attached hydrogens (primary N) is 1. The monoisotopic (exact) mass is 410 g/mol. The fourth-order valence-corrected chi connectivity index (χ4v) is 4.02. The number of hydrogen-bond donors (Lipinski definition) is 1. The van der Waals surface area contributed by atoms with Gasteiger partial charge in [-0.15, -0.1) is 0 Å². The van der Waals surface area contributed by atoms with Gasteiger partial charge < -0.3 is 19.8 Å². The summed E-state index contributed by atoms with van der Waals surface area (Å²) in [5.41, 5.74) is 7.62. The molecule has 1 saturated heterocycles. The molecule has 2 aromatic rings. The number of halogens is 1. The van der Waals surface area contributed by atoms with Crippen LogP contribution >= 0.6 is 0 Å². The topological polar surface area (TPSA) is 93.5 Å². The Morgan fingerprint density at radius 3 is 2.60 bits per heavy atom.